The molecular formula is C7H10N2O3. The number of carbonyl (C=O) groups excluding carboxylic acids is 3. The molecule has 1 saturated heterocycles. The Bertz CT molecular complexity index is 237. The molecule has 0 saturated carbocycles. The maximum absolute atomic E-state index is 11.0. The highest BCUT2D eigenvalue weighted by atomic mass is 16.2. The summed E-state index contributed by atoms with van der Waals surface area (Å²) in [5.41, 5.74) is 0. The van der Waals surface area contributed by atoms with Gasteiger partial charge in [-0.2, -0.15) is 0 Å². The second kappa shape index (κ2) is 3.34. The first-order valence-electron chi connectivity index (χ1n) is 3.75. The molecule has 0 aromatic rings. The molecule has 0 unspecified atom stereocenters. The predicted octanol–water partition coefficient (Wildman–Crippen LogP) is -0.483. The van der Waals surface area contributed by atoms with Crippen LogP contribution >= 0.6 is 0 Å². The van der Waals surface area contributed by atoms with E-state index in [9.17, 15) is 14.4 Å². The predicted molar refractivity (Wildman–Crippen MR) is 40.4 cm³/mol. The van der Waals surface area contributed by atoms with Gasteiger partial charge in [-0.15, -0.1) is 0 Å². The van der Waals surface area contributed by atoms with Gasteiger partial charge in [-0.05, 0) is 6.92 Å². The van der Waals surface area contributed by atoms with Gasteiger partial charge in [0.05, 0.1) is 13.0 Å². The third-order valence-electron chi connectivity index (χ3n) is 1.56. The van der Waals surface area contributed by atoms with Gasteiger partial charge >= 0.3 is 6.03 Å². The van der Waals surface area contributed by atoms with Gasteiger partial charge in [0.1, 0.15) is 0 Å². The van der Waals surface area contributed by atoms with Crippen molar-refractivity contribution in [3.05, 3.63) is 0 Å². The van der Waals surface area contributed by atoms with Gasteiger partial charge in [-0.25, -0.2) is 4.79 Å². The molecule has 3 amide bonds. The molecule has 0 aromatic heterocycles. The van der Waals surface area contributed by atoms with E-state index in [0.717, 1.165) is 4.90 Å². The van der Waals surface area contributed by atoms with E-state index < -0.39 is 11.9 Å². The van der Waals surface area contributed by atoms with Crippen molar-refractivity contribution in [1.82, 2.24) is 10.2 Å². The third-order valence-corrected chi connectivity index (χ3v) is 1.56. The Morgan fingerprint density at radius 3 is 2.67 bits per heavy atom. The number of likely N-dealkylation sites (tertiary alicyclic amines) is 1. The minimum absolute atomic E-state index is 0.0787. The van der Waals surface area contributed by atoms with Crippen LogP contribution in [0.2, 0.25) is 0 Å². The van der Waals surface area contributed by atoms with Gasteiger partial charge < -0.3 is 5.32 Å². The van der Waals surface area contributed by atoms with Gasteiger partial charge in [0.15, 0.2) is 5.78 Å². The van der Waals surface area contributed by atoms with Crippen LogP contribution < -0.4 is 5.32 Å². The highest BCUT2D eigenvalue weighted by molar-refractivity contribution is 6.12. The minimum Gasteiger partial charge on any atom is -0.338 e. The molecule has 66 valence electrons. The molecule has 12 heavy (non-hydrogen) atoms. The number of hydrogen-bond acceptors (Lipinski definition) is 3. The van der Waals surface area contributed by atoms with Gasteiger partial charge in [0.2, 0.25) is 5.91 Å². The molecule has 1 N–H and O–H groups in total. The molecule has 5 heteroatoms. The Kier molecular flexibility index (Phi) is 2.42. The molecule has 1 aliphatic heterocycles. The fourth-order valence-corrected chi connectivity index (χ4v) is 1.02. The van der Waals surface area contributed by atoms with Crippen LogP contribution in [0.25, 0.3) is 0 Å². The molecule has 1 heterocycles. The smallest absolute Gasteiger partial charge is 0.324 e. The lowest BCUT2D eigenvalue weighted by atomic mass is 10.3. The number of urea groups is 1. The van der Waals surface area contributed by atoms with E-state index in [2.05, 4.69) is 5.32 Å². The Morgan fingerprint density at radius 2 is 2.25 bits per heavy atom. The summed E-state index contributed by atoms with van der Waals surface area (Å²) in [6, 6.07) is -0.478. The third kappa shape index (κ3) is 1.61. The fourth-order valence-electron chi connectivity index (χ4n) is 1.02. The number of imide groups is 1. The normalized spacial score (nSPS) is 16.9. The highest BCUT2D eigenvalue weighted by Gasteiger charge is 2.31. The standard InChI is InChI=1S/C7H10N2O3/c1-2-8-7(12)9-4-5(10)3-6(9)11/h2-4H2,1H3,(H,8,12). The van der Waals surface area contributed by atoms with E-state index in [1.165, 1.54) is 0 Å². The average Bonchev–Trinajstić information content (AvgIpc) is 2.30. The van der Waals surface area contributed by atoms with Gasteiger partial charge in [0, 0.05) is 6.54 Å². The zero-order chi connectivity index (χ0) is 9.14. The van der Waals surface area contributed by atoms with Crippen molar-refractivity contribution in [2.24, 2.45) is 0 Å². The van der Waals surface area contributed by atoms with Crippen LogP contribution in [0, 0.1) is 0 Å². The van der Waals surface area contributed by atoms with E-state index in [-0.39, 0.29) is 18.7 Å². The zero-order valence-electron chi connectivity index (χ0n) is 6.79. The number of ketones is 1. The number of nitrogens with one attached hydrogen (secondary N) is 1. The van der Waals surface area contributed by atoms with E-state index in [4.69, 9.17) is 0 Å². The van der Waals surface area contributed by atoms with E-state index in [1.807, 2.05) is 0 Å². The van der Waals surface area contributed by atoms with Crippen molar-refractivity contribution in [2.45, 2.75) is 13.3 Å². The number of hydrogen-bond donors (Lipinski definition) is 1. The van der Waals surface area contributed by atoms with Crippen molar-refractivity contribution in [1.29, 1.82) is 0 Å². The topological polar surface area (TPSA) is 66.5 Å². The number of nitrogens with zero attached hydrogens (tertiary/aromatic N) is 1. The lowest BCUT2D eigenvalue weighted by Gasteiger charge is -2.11. The molecule has 0 radical (unpaired) electrons. The molecule has 1 fully saturated rings. The maximum atomic E-state index is 11.0. The zero-order valence-corrected chi connectivity index (χ0v) is 6.79. The molecule has 5 nitrogen and oxygen atoms in total. The Morgan fingerprint density at radius 1 is 1.58 bits per heavy atom. The summed E-state index contributed by atoms with van der Waals surface area (Å²) in [4.78, 5) is 33.7. The first-order valence-corrected chi connectivity index (χ1v) is 3.75. The molecule has 1 aliphatic rings. The minimum atomic E-state index is -0.478. The van der Waals surface area contributed by atoms with E-state index >= 15 is 0 Å². The summed E-state index contributed by atoms with van der Waals surface area (Å²) < 4.78 is 0. The molecule has 0 spiro atoms. The largest absolute Gasteiger partial charge is 0.338 e. The van der Waals surface area contributed by atoms with Crippen LogP contribution in [0.3, 0.4) is 0 Å². The Labute approximate surface area is 69.7 Å². The molecule has 0 atom stereocenters. The summed E-state index contributed by atoms with van der Waals surface area (Å²) in [5.74, 6) is -0.614. The second-order valence-corrected chi connectivity index (χ2v) is 2.53. The summed E-state index contributed by atoms with van der Waals surface area (Å²) in [5, 5.41) is 2.45. The SMILES string of the molecule is CCNC(=O)N1CC(=O)CC1=O. The van der Waals surface area contributed by atoms with Gasteiger partial charge in [-0.1, -0.05) is 0 Å². The molecule has 0 aliphatic carbocycles. The highest BCUT2D eigenvalue weighted by Crippen LogP contribution is 2.05. The van der Waals surface area contributed by atoms with Crippen molar-refractivity contribution >= 4 is 17.7 Å². The van der Waals surface area contributed by atoms with Crippen molar-refractivity contribution in [2.75, 3.05) is 13.1 Å². The van der Waals surface area contributed by atoms with Crippen LogP contribution in [0.1, 0.15) is 13.3 Å². The van der Waals surface area contributed by atoms with Crippen LogP contribution in [0.4, 0.5) is 4.79 Å². The van der Waals surface area contributed by atoms with Crippen LogP contribution in [-0.2, 0) is 9.59 Å². The first kappa shape index (κ1) is 8.70. The molecule has 0 aromatic carbocycles. The number of amides is 3. The number of rotatable bonds is 1. The average molecular weight is 170 g/mol. The molecule has 1 rings (SSSR count). The summed E-state index contributed by atoms with van der Waals surface area (Å²) in [6.07, 6.45) is -0.142. The van der Waals surface area contributed by atoms with Crippen molar-refractivity contribution in [3.63, 3.8) is 0 Å². The number of Topliss-reactive ketones (excluding diaryl/α,β-unsaturated/α-hetero) is 1. The maximum Gasteiger partial charge on any atom is 0.324 e. The van der Waals surface area contributed by atoms with Crippen LogP contribution in [0.15, 0.2) is 0 Å². The fraction of sp³-hybridized carbons (Fsp3) is 0.571. The first-order chi connectivity index (χ1) is 5.65. The Hall–Kier alpha value is -1.39. The van der Waals surface area contributed by atoms with Gasteiger partial charge in [0.25, 0.3) is 0 Å². The van der Waals surface area contributed by atoms with Crippen molar-refractivity contribution in [3.8, 4) is 0 Å². The number of carbonyl (C=O) groups is 3. The lowest BCUT2D eigenvalue weighted by Crippen LogP contribution is -2.40. The lowest BCUT2D eigenvalue weighted by molar-refractivity contribution is -0.125. The monoisotopic (exact) mass is 170 g/mol. The van der Waals surface area contributed by atoms with Crippen LogP contribution in [-0.4, -0.2) is 35.7 Å². The van der Waals surface area contributed by atoms with Crippen LogP contribution in [0.5, 0.6) is 0 Å². The summed E-state index contributed by atoms with van der Waals surface area (Å²) in [6.45, 7) is 2.13. The second-order valence-electron chi connectivity index (χ2n) is 2.53. The summed E-state index contributed by atoms with van der Waals surface area (Å²) in [7, 11) is 0. The molecule has 0 bridgehead atoms. The van der Waals surface area contributed by atoms with Crippen molar-refractivity contribution < 1.29 is 14.4 Å². The van der Waals surface area contributed by atoms with E-state index in [0.29, 0.717) is 6.54 Å². The molecular weight excluding hydrogens is 160 g/mol. The quantitative estimate of drug-likeness (QED) is 0.540. The van der Waals surface area contributed by atoms with Gasteiger partial charge in [-0.3, -0.25) is 14.5 Å². The van der Waals surface area contributed by atoms with E-state index in [1.54, 1.807) is 6.92 Å². The Balaban J connectivity index is 2.58. The summed E-state index contributed by atoms with van der Waals surface area (Å²) >= 11 is 0.